The van der Waals surface area contributed by atoms with Gasteiger partial charge in [0.2, 0.25) is 11.8 Å². The van der Waals surface area contributed by atoms with Crippen LogP contribution in [0.4, 0.5) is 15.3 Å². The highest BCUT2D eigenvalue weighted by atomic mass is 16.6. The van der Waals surface area contributed by atoms with Crippen molar-refractivity contribution in [2.45, 2.75) is 61.7 Å². The molecule has 65 heavy (non-hydrogen) atoms. The highest BCUT2D eigenvalue weighted by molar-refractivity contribution is 6.23. The number of likely N-dealkylation sites (tertiary alicyclic amines) is 1. The van der Waals surface area contributed by atoms with Crippen LogP contribution in [0, 0.1) is 17.8 Å². The van der Waals surface area contributed by atoms with Crippen molar-refractivity contribution in [2.75, 3.05) is 58.1 Å². The largest absolute Gasteiger partial charge is 0.491 e. The second-order valence-electron chi connectivity index (χ2n) is 16.5. The van der Waals surface area contributed by atoms with Crippen LogP contribution in [0.5, 0.6) is 5.75 Å². The Hall–Kier alpha value is -6.73. The standard InChI is InChI=1S/C50H53N5O10/c1-62-29-30-64-49(61)54-39-23-22-33(15-14-24-52-48(51)60)31-38(39)50(47(54)59)40(45(57)53-25-11-3-2-4-12-26-53)42-46(58)65-43(35-18-9-6-10-19-35)41(34-16-7-5-8-17-34)55(42)44(50)36-20-13-21-37(32-36)63-28-27-56/h5-10,13,16-23,31-32,40-44,56H,2-4,11-12,24-30H2,1H3,(H3,51,52,60)/t40-,41-,42-,43+,44+,50-/m1/s1. The summed E-state index contributed by atoms with van der Waals surface area (Å²) in [4.78, 5) is 78.6. The number of hydrogen-bond acceptors (Lipinski definition) is 11. The van der Waals surface area contributed by atoms with Crippen molar-refractivity contribution in [2.24, 2.45) is 11.7 Å². The molecule has 4 aromatic rings. The van der Waals surface area contributed by atoms with E-state index in [4.69, 9.17) is 24.7 Å². The molecule has 3 fully saturated rings. The number of carbonyl (C=O) groups excluding carboxylic acids is 5. The van der Waals surface area contributed by atoms with Crippen LogP contribution in [0.15, 0.2) is 103 Å². The van der Waals surface area contributed by atoms with Crippen LogP contribution in [0.1, 0.15) is 78.1 Å². The quantitative estimate of drug-likeness (QED) is 0.100. The van der Waals surface area contributed by atoms with Crippen LogP contribution in [0.2, 0.25) is 0 Å². The van der Waals surface area contributed by atoms with Crippen molar-refractivity contribution in [1.82, 2.24) is 15.1 Å². The fraction of sp³-hybridized carbons (Fsp3) is 0.380. The van der Waals surface area contributed by atoms with Crippen LogP contribution in [-0.4, -0.2) is 104 Å². The van der Waals surface area contributed by atoms with Crippen LogP contribution in [0.3, 0.4) is 0 Å². The van der Waals surface area contributed by atoms with Crippen LogP contribution < -0.4 is 20.7 Å². The SMILES string of the molecule is COCCOC(=O)N1C(=O)[C@@]2(c3cc(C#CCNC(N)=O)ccc31)[C@H](c1cccc(OCCO)c1)N1[C@H](c3ccccc3)[C@H](c3ccccc3)OC(=O)[C@H]1[C@@H]2C(=O)N1CCCCCCC1. The summed E-state index contributed by atoms with van der Waals surface area (Å²) in [5, 5.41) is 12.2. The van der Waals surface area contributed by atoms with E-state index < -0.39 is 65.5 Å². The molecule has 338 valence electrons. The first-order valence-electron chi connectivity index (χ1n) is 22.1. The molecule has 3 saturated heterocycles. The third kappa shape index (κ3) is 8.64. The van der Waals surface area contributed by atoms with E-state index in [-0.39, 0.29) is 44.2 Å². The molecule has 8 rings (SSSR count). The van der Waals surface area contributed by atoms with Gasteiger partial charge in [-0.05, 0) is 65.4 Å². The number of amides is 5. The Labute approximate surface area is 377 Å². The molecular weight excluding hydrogens is 831 g/mol. The molecule has 0 unspecified atom stereocenters. The predicted molar refractivity (Wildman–Crippen MR) is 238 cm³/mol. The van der Waals surface area contributed by atoms with E-state index in [1.54, 1.807) is 41.3 Å². The number of rotatable bonds is 11. The second kappa shape index (κ2) is 20.0. The first kappa shape index (κ1) is 44.9. The maximum Gasteiger partial charge on any atom is 0.421 e. The van der Waals surface area contributed by atoms with Gasteiger partial charge in [-0.25, -0.2) is 14.5 Å². The first-order chi connectivity index (χ1) is 31.7. The van der Waals surface area contributed by atoms with Crippen molar-refractivity contribution in [3.63, 3.8) is 0 Å². The maximum absolute atomic E-state index is 16.4. The number of carbonyl (C=O) groups is 5. The molecule has 4 aliphatic heterocycles. The number of cyclic esters (lactones) is 1. The lowest BCUT2D eigenvalue weighted by atomic mass is 9.64. The summed E-state index contributed by atoms with van der Waals surface area (Å²) in [6, 6.07) is 26.8. The van der Waals surface area contributed by atoms with Gasteiger partial charge >= 0.3 is 18.1 Å². The number of nitrogens with one attached hydrogen (secondary N) is 1. The number of aliphatic hydroxyl groups is 1. The van der Waals surface area contributed by atoms with Crippen molar-refractivity contribution in [3.05, 3.63) is 131 Å². The van der Waals surface area contributed by atoms with E-state index in [2.05, 4.69) is 17.2 Å². The monoisotopic (exact) mass is 883 g/mol. The predicted octanol–water partition coefficient (Wildman–Crippen LogP) is 5.32. The van der Waals surface area contributed by atoms with Crippen molar-refractivity contribution in [3.8, 4) is 17.6 Å². The number of methoxy groups -OCH3 is 1. The molecule has 6 atom stereocenters. The van der Waals surface area contributed by atoms with Gasteiger partial charge in [-0.1, -0.05) is 104 Å². The molecule has 0 saturated carbocycles. The minimum atomic E-state index is -2.02. The molecule has 5 amide bonds. The average Bonchev–Trinajstić information content (AvgIpc) is 3.76. The Kier molecular flexibility index (Phi) is 13.8. The number of nitrogens with two attached hydrogens (primary N) is 1. The van der Waals surface area contributed by atoms with E-state index in [0.29, 0.717) is 35.5 Å². The molecule has 15 nitrogen and oxygen atoms in total. The van der Waals surface area contributed by atoms with Gasteiger partial charge in [0.05, 0.1) is 43.4 Å². The Morgan fingerprint density at radius 3 is 2.22 bits per heavy atom. The van der Waals surface area contributed by atoms with Gasteiger partial charge in [-0.15, -0.1) is 0 Å². The fourth-order valence-electron chi connectivity index (χ4n) is 10.1. The van der Waals surface area contributed by atoms with Crippen LogP contribution in [-0.2, 0) is 34.0 Å². The van der Waals surface area contributed by atoms with E-state index >= 15 is 14.4 Å². The van der Waals surface area contributed by atoms with Crippen molar-refractivity contribution < 1.29 is 48.0 Å². The molecule has 0 aliphatic carbocycles. The molecule has 4 heterocycles. The molecule has 4 N–H and O–H groups in total. The number of hydrogen-bond donors (Lipinski definition) is 3. The van der Waals surface area contributed by atoms with E-state index in [1.807, 2.05) is 71.6 Å². The topological polar surface area (TPSA) is 190 Å². The molecule has 15 heteroatoms. The first-order valence-corrected chi connectivity index (χ1v) is 22.1. The minimum absolute atomic E-state index is 0.0216. The number of imide groups is 1. The van der Waals surface area contributed by atoms with E-state index in [1.165, 1.54) is 7.11 Å². The molecule has 0 bridgehead atoms. The number of fused-ring (bicyclic) bond motifs is 3. The minimum Gasteiger partial charge on any atom is -0.491 e. The fourth-order valence-corrected chi connectivity index (χ4v) is 10.1. The maximum atomic E-state index is 16.4. The van der Waals surface area contributed by atoms with Crippen molar-refractivity contribution >= 4 is 35.6 Å². The van der Waals surface area contributed by atoms with Crippen LogP contribution in [0.25, 0.3) is 0 Å². The lowest BCUT2D eigenvalue weighted by molar-refractivity contribution is -0.179. The summed E-state index contributed by atoms with van der Waals surface area (Å²) in [5.41, 5.74) is 6.10. The zero-order chi connectivity index (χ0) is 45.5. The Morgan fingerprint density at radius 1 is 0.831 bits per heavy atom. The number of morpholine rings is 1. The number of esters is 1. The van der Waals surface area contributed by atoms with Gasteiger partial charge in [-0.3, -0.25) is 19.3 Å². The third-order valence-electron chi connectivity index (χ3n) is 12.7. The molecule has 0 radical (unpaired) electrons. The lowest BCUT2D eigenvalue weighted by Crippen LogP contribution is -2.56. The Bertz CT molecular complexity index is 2450. The highest BCUT2D eigenvalue weighted by Crippen LogP contribution is 2.66. The number of nitrogens with zero attached hydrogens (tertiary/aromatic N) is 3. The number of ether oxygens (including phenoxy) is 4. The summed E-state index contributed by atoms with van der Waals surface area (Å²) in [7, 11) is 1.46. The third-order valence-corrected chi connectivity index (χ3v) is 12.7. The summed E-state index contributed by atoms with van der Waals surface area (Å²) in [5.74, 6) is 2.99. The molecule has 1 spiro atoms. The lowest BCUT2D eigenvalue weighted by Gasteiger charge is -2.46. The molecular formula is C50H53N5O10. The smallest absolute Gasteiger partial charge is 0.421 e. The summed E-state index contributed by atoms with van der Waals surface area (Å²) >= 11 is 0. The number of anilines is 1. The van der Waals surface area contributed by atoms with Gasteiger partial charge in [0, 0.05) is 25.8 Å². The van der Waals surface area contributed by atoms with Gasteiger partial charge in [0.1, 0.15) is 36.5 Å². The summed E-state index contributed by atoms with van der Waals surface area (Å²) in [6.45, 7) is 0.335. The summed E-state index contributed by atoms with van der Waals surface area (Å²) in [6.07, 6.45) is 2.40. The normalized spacial score (nSPS) is 23.9. The number of aliphatic hydroxyl groups excluding tert-OH is 1. The average molecular weight is 884 g/mol. The number of urea groups is 1. The molecule has 0 aromatic heterocycles. The second-order valence-corrected chi connectivity index (χ2v) is 16.5. The zero-order valence-electron chi connectivity index (χ0n) is 36.2. The summed E-state index contributed by atoms with van der Waals surface area (Å²) < 4.78 is 23.5. The number of benzene rings is 4. The van der Waals surface area contributed by atoms with Crippen LogP contribution >= 0.6 is 0 Å². The van der Waals surface area contributed by atoms with Gasteiger partial charge < -0.3 is 40.0 Å². The van der Waals surface area contributed by atoms with E-state index in [0.717, 1.165) is 42.6 Å². The van der Waals surface area contributed by atoms with E-state index in [9.17, 15) is 14.7 Å². The Morgan fingerprint density at radius 2 is 1.52 bits per heavy atom. The Balaban J connectivity index is 1.46. The molecule has 4 aromatic carbocycles. The highest BCUT2D eigenvalue weighted by Gasteiger charge is 2.76. The number of primary amides is 1. The van der Waals surface area contributed by atoms with Gasteiger partial charge in [0.15, 0.2) is 0 Å². The van der Waals surface area contributed by atoms with Gasteiger partial charge in [0.25, 0.3) is 0 Å². The van der Waals surface area contributed by atoms with Crippen molar-refractivity contribution in [1.29, 1.82) is 0 Å². The molecule has 4 aliphatic rings. The van der Waals surface area contributed by atoms with Gasteiger partial charge in [-0.2, -0.15) is 0 Å². The zero-order valence-corrected chi connectivity index (χ0v) is 36.2.